The Morgan fingerprint density at radius 3 is 2.60 bits per heavy atom. The van der Waals surface area contributed by atoms with Gasteiger partial charge < -0.3 is 10.5 Å². The van der Waals surface area contributed by atoms with Gasteiger partial charge >= 0.3 is 0 Å². The Bertz CT molecular complexity index is 579. The van der Waals surface area contributed by atoms with E-state index in [0.717, 1.165) is 12.8 Å². The number of hydrogen-bond acceptors (Lipinski definition) is 3. The summed E-state index contributed by atoms with van der Waals surface area (Å²) in [6.07, 6.45) is 1.86. The lowest BCUT2D eigenvalue weighted by Crippen LogP contribution is -2.04. The zero-order valence-corrected chi connectivity index (χ0v) is 11.6. The van der Waals surface area contributed by atoms with E-state index < -0.39 is 0 Å². The van der Waals surface area contributed by atoms with Gasteiger partial charge in [0.05, 0.1) is 12.2 Å². The quantitative estimate of drug-likeness (QED) is 0.496. The number of nitrogens with two attached hydrogens (primary N) is 1. The molecule has 2 aromatic rings. The van der Waals surface area contributed by atoms with Crippen LogP contribution < -0.4 is 10.5 Å². The molecule has 0 aliphatic carbocycles. The maximum absolute atomic E-state index is 11.5. The van der Waals surface area contributed by atoms with Gasteiger partial charge in [-0.1, -0.05) is 30.3 Å². The fraction of sp³-hybridized carbons (Fsp3) is 0.235. The molecular formula is C17H19NO2. The number of aryl methyl sites for hydroxylation is 1. The standard InChI is InChI=1S/C17H19NO2/c1-13(19)16-10-9-15(18)12-17(16)20-11-5-8-14-6-3-2-4-7-14/h2-4,6-7,9-10,12H,5,8,11,18H2,1H3. The second kappa shape index (κ2) is 6.75. The highest BCUT2D eigenvalue weighted by atomic mass is 16.5. The van der Waals surface area contributed by atoms with Gasteiger partial charge in [-0.15, -0.1) is 0 Å². The van der Waals surface area contributed by atoms with Gasteiger partial charge in [-0.25, -0.2) is 0 Å². The van der Waals surface area contributed by atoms with Crippen LogP contribution in [0.25, 0.3) is 0 Å². The van der Waals surface area contributed by atoms with Gasteiger partial charge in [0.1, 0.15) is 5.75 Å². The summed E-state index contributed by atoms with van der Waals surface area (Å²) < 4.78 is 5.70. The zero-order chi connectivity index (χ0) is 14.4. The Balaban J connectivity index is 1.91. The van der Waals surface area contributed by atoms with Crippen molar-refractivity contribution in [3.63, 3.8) is 0 Å². The summed E-state index contributed by atoms with van der Waals surface area (Å²) in [5.74, 6) is 0.564. The van der Waals surface area contributed by atoms with E-state index in [1.165, 1.54) is 12.5 Å². The number of anilines is 1. The molecule has 0 atom stereocenters. The normalized spacial score (nSPS) is 10.2. The first-order valence-electron chi connectivity index (χ1n) is 6.74. The maximum atomic E-state index is 11.5. The average molecular weight is 269 g/mol. The molecule has 0 aliphatic rings. The molecule has 0 aromatic heterocycles. The molecule has 0 heterocycles. The summed E-state index contributed by atoms with van der Waals surface area (Å²) in [5, 5.41) is 0. The Hall–Kier alpha value is -2.29. The van der Waals surface area contributed by atoms with E-state index in [9.17, 15) is 4.79 Å². The highest BCUT2D eigenvalue weighted by Crippen LogP contribution is 2.22. The van der Waals surface area contributed by atoms with Crippen LogP contribution in [-0.2, 0) is 6.42 Å². The van der Waals surface area contributed by atoms with Crippen molar-refractivity contribution < 1.29 is 9.53 Å². The number of benzene rings is 2. The van der Waals surface area contributed by atoms with Crippen LogP contribution in [0.1, 0.15) is 29.3 Å². The van der Waals surface area contributed by atoms with E-state index in [-0.39, 0.29) is 5.78 Å². The van der Waals surface area contributed by atoms with E-state index in [1.54, 1.807) is 18.2 Å². The van der Waals surface area contributed by atoms with Gasteiger partial charge in [0.15, 0.2) is 5.78 Å². The van der Waals surface area contributed by atoms with E-state index >= 15 is 0 Å². The molecule has 104 valence electrons. The predicted octanol–water partition coefficient (Wildman–Crippen LogP) is 3.48. The predicted molar refractivity (Wildman–Crippen MR) is 81.1 cm³/mol. The first-order valence-corrected chi connectivity index (χ1v) is 6.74. The maximum Gasteiger partial charge on any atom is 0.163 e. The summed E-state index contributed by atoms with van der Waals surface area (Å²) >= 11 is 0. The van der Waals surface area contributed by atoms with Crippen molar-refractivity contribution in [1.82, 2.24) is 0 Å². The van der Waals surface area contributed by atoms with Crippen LogP contribution in [0.4, 0.5) is 5.69 Å². The van der Waals surface area contributed by atoms with Crippen LogP contribution in [0.2, 0.25) is 0 Å². The van der Waals surface area contributed by atoms with Gasteiger partial charge in [-0.3, -0.25) is 4.79 Å². The third kappa shape index (κ3) is 3.85. The molecule has 0 fully saturated rings. The summed E-state index contributed by atoms with van der Waals surface area (Å²) in [6.45, 7) is 2.10. The topological polar surface area (TPSA) is 52.3 Å². The van der Waals surface area contributed by atoms with Gasteiger partial charge in [0, 0.05) is 11.8 Å². The lowest BCUT2D eigenvalue weighted by atomic mass is 10.1. The zero-order valence-electron chi connectivity index (χ0n) is 11.6. The average Bonchev–Trinajstić information content (AvgIpc) is 2.44. The van der Waals surface area contributed by atoms with Crippen LogP contribution in [0.15, 0.2) is 48.5 Å². The molecule has 0 saturated heterocycles. The number of nitrogen functional groups attached to an aromatic ring is 1. The first-order chi connectivity index (χ1) is 9.66. The van der Waals surface area contributed by atoms with Crippen molar-refractivity contribution in [2.75, 3.05) is 12.3 Å². The molecule has 2 rings (SSSR count). The minimum atomic E-state index is -0.0111. The van der Waals surface area contributed by atoms with Crippen molar-refractivity contribution in [3.05, 3.63) is 59.7 Å². The number of Topliss-reactive ketones (excluding diaryl/α,β-unsaturated/α-hetero) is 1. The Morgan fingerprint density at radius 1 is 1.15 bits per heavy atom. The van der Waals surface area contributed by atoms with Crippen molar-refractivity contribution in [2.45, 2.75) is 19.8 Å². The number of ether oxygens (including phenoxy) is 1. The Labute approximate surface area is 119 Å². The molecule has 2 N–H and O–H groups in total. The van der Waals surface area contributed by atoms with E-state index in [0.29, 0.717) is 23.6 Å². The number of carbonyl (C=O) groups is 1. The van der Waals surface area contributed by atoms with Gasteiger partial charge in [-0.2, -0.15) is 0 Å². The highest BCUT2D eigenvalue weighted by molar-refractivity contribution is 5.97. The minimum Gasteiger partial charge on any atom is -0.493 e. The summed E-state index contributed by atoms with van der Waals surface area (Å²) in [5.41, 5.74) is 8.21. The van der Waals surface area contributed by atoms with Crippen molar-refractivity contribution in [2.24, 2.45) is 0 Å². The number of hydrogen-bond donors (Lipinski definition) is 1. The molecule has 3 nitrogen and oxygen atoms in total. The highest BCUT2D eigenvalue weighted by Gasteiger charge is 2.08. The molecule has 0 radical (unpaired) electrons. The first kappa shape index (κ1) is 14.1. The lowest BCUT2D eigenvalue weighted by Gasteiger charge is -2.10. The lowest BCUT2D eigenvalue weighted by molar-refractivity contribution is 0.101. The van der Waals surface area contributed by atoms with Crippen LogP contribution in [0, 0.1) is 0 Å². The fourth-order valence-electron chi connectivity index (χ4n) is 2.05. The molecule has 2 aromatic carbocycles. The van der Waals surface area contributed by atoms with E-state index in [4.69, 9.17) is 10.5 Å². The number of rotatable bonds is 6. The smallest absolute Gasteiger partial charge is 0.163 e. The van der Waals surface area contributed by atoms with Crippen LogP contribution in [0.5, 0.6) is 5.75 Å². The molecule has 3 heteroatoms. The monoisotopic (exact) mass is 269 g/mol. The van der Waals surface area contributed by atoms with Gasteiger partial charge in [-0.05, 0) is 37.5 Å². The fourth-order valence-corrected chi connectivity index (χ4v) is 2.05. The Morgan fingerprint density at radius 2 is 1.90 bits per heavy atom. The molecule has 0 aliphatic heterocycles. The van der Waals surface area contributed by atoms with Gasteiger partial charge in [0.2, 0.25) is 0 Å². The Kier molecular flexibility index (Phi) is 4.77. The van der Waals surface area contributed by atoms with Crippen molar-refractivity contribution in [1.29, 1.82) is 0 Å². The van der Waals surface area contributed by atoms with Crippen LogP contribution in [-0.4, -0.2) is 12.4 Å². The number of carbonyl (C=O) groups excluding carboxylic acids is 1. The summed E-state index contributed by atoms with van der Waals surface area (Å²) in [4.78, 5) is 11.5. The summed E-state index contributed by atoms with van der Waals surface area (Å²) in [6, 6.07) is 15.4. The van der Waals surface area contributed by atoms with E-state index in [1.807, 2.05) is 18.2 Å². The molecule has 0 bridgehead atoms. The minimum absolute atomic E-state index is 0.0111. The van der Waals surface area contributed by atoms with Crippen molar-refractivity contribution in [3.8, 4) is 5.75 Å². The number of ketones is 1. The molecule has 0 saturated carbocycles. The van der Waals surface area contributed by atoms with E-state index in [2.05, 4.69) is 12.1 Å². The molecular weight excluding hydrogens is 250 g/mol. The largest absolute Gasteiger partial charge is 0.493 e. The SMILES string of the molecule is CC(=O)c1ccc(N)cc1OCCCc1ccccc1. The van der Waals surface area contributed by atoms with Crippen molar-refractivity contribution >= 4 is 11.5 Å². The third-order valence-electron chi connectivity index (χ3n) is 3.10. The molecule has 0 amide bonds. The second-order valence-corrected chi connectivity index (χ2v) is 4.75. The molecule has 20 heavy (non-hydrogen) atoms. The van der Waals surface area contributed by atoms with Crippen LogP contribution in [0.3, 0.4) is 0 Å². The second-order valence-electron chi connectivity index (χ2n) is 4.75. The molecule has 0 unspecified atom stereocenters. The van der Waals surface area contributed by atoms with Crippen LogP contribution >= 0.6 is 0 Å². The third-order valence-corrected chi connectivity index (χ3v) is 3.10. The summed E-state index contributed by atoms with van der Waals surface area (Å²) in [7, 11) is 0. The van der Waals surface area contributed by atoms with Gasteiger partial charge in [0.25, 0.3) is 0 Å². The molecule has 0 spiro atoms.